The monoisotopic (exact) mass is 283 g/mol. The molecule has 0 fully saturated rings. The van der Waals surface area contributed by atoms with E-state index in [1.165, 1.54) is 11.2 Å². The number of anilines is 1. The highest BCUT2D eigenvalue weighted by molar-refractivity contribution is 7.92. The van der Waals surface area contributed by atoms with E-state index in [1.807, 2.05) is 39.0 Å². The number of para-hydroxylation sites is 1. The van der Waals surface area contributed by atoms with Crippen LogP contribution >= 0.6 is 0 Å². The highest BCUT2D eigenvalue weighted by Gasteiger charge is 2.25. The van der Waals surface area contributed by atoms with E-state index in [0.29, 0.717) is 12.1 Å². The Morgan fingerprint density at radius 1 is 1.21 bits per heavy atom. The maximum Gasteiger partial charge on any atom is 0.235 e. The Balaban J connectivity index is 3.36. The SMILES string of the molecule is CCCS(=O)(=O)N(CC(C)=O)c1c(C)cccc1C. The summed E-state index contributed by atoms with van der Waals surface area (Å²) in [7, 11) is -3.45. The molecule has 0 aliphatic heterocycles. The average Bonchev–Trinajstić information content (AvgIpc) is 2.26. The van der Waals surface area contributed by atoms with Crippen molar-refractivity contribution in [3.63, 3.8) is 0 Å². The van der Waals surface area contributed by atoms with Crippen LogP contribution in [-0.4, -0.2) is 26.5 Å². The molecular formula is C14H21NO3S. The van der Waals surface area contributed by atoms with Gasteiger partial charge in [0.25, 0.3) is 0 Å². The maximum absolute atomic E-state index is 12.3. The summed E-state index contributed by atoms with van der Waals surface area (Å²) in [4.78, 5) is 11.4. The number of aryl methyl sites for hydroxylation is 2. The zero-order valence-electron chi connectivity index (χ0n) is 11.9. The topological polar surface area (TPSA) is 54.5 Å². The predicted octanol–water partition coefficient (Wildman–Crippen LogP) is 2.44. The van der Waals surface area contributed by atoms with E-state index in [2.05, 4.69) is 0 Å². The number of ketones is 1. The Hall–Kier alpha value is -1.36. The first-order valence-corrected chi connectivity index (χ1v) is 7.96. The van der Waals surface area contributed by atoms with Gasteiger partial charge in [-0.3, -0.25) is 9.10 Å². The minimum atomic E-state index is -3.45. The molecule has 1 aromatic carbocycles. The van der Waals surface area contributed by atoms with Crippen molar-refractivity contribution in [1.29, 1.82) is 0 Å². The van der Waals surface area contributed by atoms with E-state index in [4.69, 9.17) is 0 Å². The third kappa shape index (κ3) is 3.80. The molecule has 19 heavy (non-hydrogen) atoms. The summed E-state index contributed by atoms with van der Waals surface area (Å²) in [6.07, 6.45) is 0.529. The van der Waals surface area contributed by atoms with Crippen LogP contribution in [0.15, 0.2) is 18.2 Å². The second-order valence-electron chi connectivity index (χ2n) is 4.77. The molecule has 0 atom stereocenters. The zero-order valence-corrected chi connectivity index (χ0v) is 12.8. The molecule has 5 heteroatoms. The average molecular weight is 283 g/mol. The number of nitrogens with zero attached hydrogens (tertiary/aromatic N) is 1. The largest absolute Gasteiger partial charge is 0.298 e. The van der Waals surface area contributed by atoms with Gasteiger partial charge < -0.3 is 0 Å². The second kappa shape index (κ2) is 6.19. The third-order valence-corrected chi connectivity index (χ3v) is 4.76. The first kappa shape index (κ1) is 15.7. The number of hydrogen-bond donors (Lipinski definition) is 0. The highest BCUT2D eigenvalue weighted by Crippen LogP contribution is 2.27. The molecule has 1 aromatic rings. The Kier molecular flexibility index (Phi) is 5.11. The fourth-order valence-electron chi connectivity index (χ4n) is 2.09. The molecule has 0 amide bonds. The van der Waals surface area contributed by atoms with E-state index >= 15 is 0 Å². The van der Waals surface area contributed by atoms with Crippen molar-refractivity contribution < 1.29 is 13.2 Å². The standard InChI is InChI=1S/C14H21NO3S/c1-5-9-19(17,18)15(10-13(4)16)14-11(2)7-6-8-12(14)3/h6-8H,5,9-10H2,1-4H3. The van der Waals surface area contributed by atoms with Crippen LogP contribution < -0.4 is 4.31 Å². The summed E-state index contributed by atoms with van der Waals surface area (Å²) in [6, 6.07) is 5.60. The number of hydrogen-bond acceptors (Lipinski definition) is 3. The van der Waals surface area contributed by atoms with Crippen molar-refractivity contribution in [2.24, 2.45) is 0 Å². The van der Waals surface area contributed by atoms with Gasteiger partial charge in [-0.2, -0.15) is 0 Å². The molecule has 0 aliphatic carbocycles. The normalized spacial score (nSPS) is 11.4. The Bertz CT molecular complexity index is 544. The molecule has 0 aromatic heterocycles. The summed E-state index contributed by atoms with van der Waals surface area (Å²) in [5, 5.41) is 0. The van der Waals surface area contributed by atoms with Gasteiger partial charge in [0.05, 0.1) is 18.0 Å². The minimum Gasteiger partial charge on any atom is -0.298 e. The molecule has 0 heterocycles. The molecule has 0 saturated heterocycles. The van der Waals surface area contributed by atoms with Crippen molar-refractivity contribution in [3.05, 3.63) is 29.3 Å². The van der Waals surface area contributed by atoms with Crippen LogP contribution in [0.4, 0.5) is 5.69 Å². The van der Waals surface area contributed by atoms with Crippen molar-refractivity contribution in [2.45, 2.75) is 34.1 Å². The highest BCUT2D eigenvalue weighted by atomic mass is 32.2. The lowest BCUT2D eigenvalue weighted by Gasteiger charge is -2.26. The summed E-state index contributed by atoms with van der Waals surface area (Å²) in [5.74, 6) is -0.115. The lowest BCUT2D eigenvalue weighted by molar-refractivity contribution is -0.115. The molecule has 106 valence electrons. The minimum absolute atomic E-state index is 0.0497. The molecule has 0 spiro atoms. The molecular weight excluding hydrogens is 262 g/mol. The lowest BCUT2D eigenvalue weighted by atomic mass is 10.1. The van der Waals surface area contributed by atoms with Gasteiger partial charge in [-0.1, -0.05) is 25.1 Å². The van der Waals surface area contributed by atoms with Crippen LogP contribution in [-0.2, 0) is 14.8 Å². The van der Waals surface area contributed by atoms with Gasteiger partial charge in [0.15, 0.2) is 0 Å². The summed E-state index contributed by atoms with van der Waals surface area (Å²) < 4.78 is 25.9. The number of carbonyl (C=O) groups excluding carboxylic acids is 1. The van der Waals surface area contributed by atoms with Crippen LogP contribution in [0.3, 0.4) is 0 Å². The lowest BCUT2D eigenvalue weighted by Crippen LogP contribution is -2.37. The van der Waals surface area contributed by atoms with E-state index in [-0.39, 0.29) is 18.1 Å². The molecule has 0 saturated carbocycles. The van der Waals surface area contributed by atoms with Gasteiger partial charge in [0, 0.05) is 0 Å². The molecule has 1 rings (SSSR count). The number of benzene rings is 1. The molecule has 0 bridgehead atoms. The molecule has 0 N–H and O–H groups in total. The first-order valence-electron chi connectivity index (χ1n) is 6.35. The van der Waals surface area contributed by atoms with Crippen molar-refractivity contribution >= 4 is 21.5 Å². The van der Waals surface area contributed by atoms with E-state index < -0.39 is 10.0 Å². The van der Waals surface area contributed by atoms with E-state index in [1.54, 1.807) is 0 Å². The zero-order chi connectivity index (χ0) is 14.6. The van der Waals surface area contributed by atoms with Crippen molar-refractivity contribution in [1.82, 2.24) is 0 Å². The number of rotatable bonds is 6. The fraction of sp³-hybridized carbons (Fsp3) is 0.500. The molecule has 0 radical (unpaired) electrons. The molecule has 0 aliphatic rings. The Labute approximate surface area is 115 Å². The quantitative estimate of drug-likeness (QED) is 0.805. The number of Topliss-reactive ketones (excluding diaryl/α,β-unsaturated/α-hetero) is 1. The summed E-state index contributed by atoms with van der Waals surface area (Å²) >= 11 is 0. The number of carbonyl (C=O) groups is 1. The van der Waals surface area contributed by atoms with Gasteiger partial charge >= 0.3 is 0 Å². The Morgan fingerprint density at radius 2 is 1.74 bits per heavy atom. The smallest absolute Gasteiger partial charge is 0.235 e. The van der Waals surface area contributed by atoms with Crippen molar-refractivity contribution in [3.8, 4) is 0 Å². The van der Waals surface area contributed by atoms with Crippen LogP contribution in [0.25, 0.3) is 0 Å². The first-order chi connectivity index (χ1) is 8.79. The summed E-state index contributed by atoms with van der Waals surface area (Å²) in [5.41, 5.74) is 2.35. The second-order valence-corrected chi connectivity index (χ2v) is 6.78. The summed E-state index contributed by atoms with van der Waals surface area (Å²) in [6.45, 7) is 6.83. The molecule has 0 unspecified atom stereocenters. The van der Waals surface area contributed by atoms with Gasteiger partial charge in [-0.05, 0) is 38.3 Å². The van der Waals surface area contributed by atoms with Crippen LogP contribution in [0.2, 0.25) is 0 Å². The van der Waals surface area contributed by atoms with Gasteiger partial charge in [0.1, 0.15) is 5.78 Å². The molecule has 4 nitrogen and oxygen atoms in total. The third-order valence-electron chi connectivity index (χ3n) is 2.85. The van der Waals surface area contributed by atoms with Gasteiger partial charge in [0.2, 0.25) is 10.0 Å². The van der Waals surface area contributed by atoms with Crippen LogP contribution in [0.1, 0.15) is 31.4 Å². The van der Waals surface area contributed by atoms with E-state index in [9.17, 15) is 13.2 Å². The maximum atomic E-state index is 12.3. The van der Waals surface area contributed by atoms with Crippen LogP contribution in [0.5, 0.6) is 0 Å². The predicted molar refractivity (Wildman–Crippen MR) is 78.0 cm³/mol. The number of sulfonamides is 1. The van der Waals surface area contributed by atoms with Crippen molar-refractivity contribution in [2.75, 3.05) is 16.6 Å². The van der Waals surface area contributed by atoms with E-state index in [0.717, 1.165) is 11.1 Å². The van der Waals surface area contributed by atoms with Crippen LogP contribution in [0, 0.1) is 13.8 Å². The fourth-order valence-corrected chi connectivity index (χ4v) is 3.77. The Morgan fingerprint density at radius 3 is 2.16 bits per heavy atom. The van der Waals surface area contributed by atoms with Gasteiger partial charge in [-0.25, -0.2) is 8.42 Å². The van der Waals surface area contributed by atoms with Gasteiger partial charge in [-0.15, -0.1) is 0 Å².